The Morgan fingerprint density at radius 2 is 1.87 bits per heavy atom. The molecule has 0 bridgehead atoms. The van der Waals surface area contributed by atoms with E-state index in [0.717, 1.165) is 23.1 Å². The SMILES string of the molecule is CCC=Cc1nc(C(F)(F)CCC)nn1Cc1ccc(-c2cccc(C(=O)O)c2)cc1. The molecule has 7 heteroatoms. The van der Waals surface area contributed by atoms with Crippen LogP contribution in [-0.4, -0.2) is 25.8 Å². The van der Waals surface area contributed by atoms with E-state index in [-0.39, 0.29) is 12.0 Å². The van der Waals surface area contributed by atoms with Crippen LogP contribution in [0.3, 0.4) is 0 Å². The fraction of sp³-hybridized carbons (Fsp3) is 0.292. The summed E-state index contributed by atoms with van der Waals surface area (Å²) in [5, 5.41) is 13.3. The van der Waals surface area contributed by atoms with E-state index in [0.29, 0.717) is 18.8 Å². The van der Waals surface area contributed by atoms with E-state index in [4.69, 9.17) is 0 Å². The van der Waals surface area contributed by atoms with E-state index in [1.807, 2.05) is 43.3 Å². The Hall–Kier alpha value is -3.35. The van der Waals surface area contributed by atoms with E-state index < -0.39 is 17.7 Å². The van der Waals surface area contributed by atoms with Gasteiger partial charge in [0, 0.05) is 6.42 Å². The molecule has 0 spiro atoms. The van der Waals surface area contributed by atoms with Gasteiger partial charge in [-0.25, -0.2) is 14.5 Å². The molecule has 2 aromatic carbocycles. The van der Waals surface area contributed by atoms with Gasteiger partial charge in [0.1, 0.15) is 0 Å². The molecular formula is C24H25F2N3O2. The monoisotopic (exact) mass is 425 g/mol. The first-order valence-corrected chi connectivity index (χ1v) is 10.3. The molecule has 3 rings (SSSR count). The zero-order valence-corrected chi connectivity index (χ0v) is 17.6. The predicted molar refractivity (Wildman–Crippen MR) is 116 cm³/mol. The Balaban J connectivity index is 1.86. The van der Waals surface area contributed by atoms with Gasteiger partial charge in [-0.3, -0.25) is 0 Å². The highest BCUT2D eigenvalue weighted by atomic mass is 19.3. The fourth-order valence-corrected chi connectivity index (χ4v) is 3.21. The van der Waals surface area contributed by atoms with Gasteiger partial charge >= 0.3 is 11.9 Å². The molecular weight excluding hydrogens is 400 g/mol. The molecule has 0 amide bonds. The van der Waals surface area contributed by atoms with Gasteiger partial charge in [0.25, 0.3) is 0 Å². The number of alkyl halides is 2. The summed E-state index contributed by atoms with van der Waals surface area (Å²) < 4.78 is 30.2. The van der Waals surface area contributed by atoms with Crippen LogP contribution in [0.5, 0.6) is 0 Å². The van der Waals surface area contributed by atoms with E-state index in [1.54, 1.807) is 31.2 Å². The van der Waals surface area contributed by atoms with Crippen molar-refractivity contribution in [2.45, 2.75) is 45.6 Å². The summed E-state index contributed by atoms with van der Waals surface area (Å²) >= 11 is 0. The second-order valence-electron chi connectivity index (χ2n) is 7.30. The van der Waals surface area contributed by atoms with Crippen molar-refractivity contribution in [3.63, 3.8) is 0 Å². The molecule has 0 aliphatic rings. The Kier molecular flexibility index (Phi) is 6.95. The number of aromatic carboxylic acids is 1. The van der Waals surface area contributed by atoms with Crippen molar-refractivity contribution < 1.29 is 18.7 Å². The second-order valence-corrected chi connectivity index (χ2v) is 7.30. The van der Waals surface area contributed by atoms with Gasteiger partial charge < -0.3 is 5.11 Å². The lowest BCUT2D eigenvalue weighted by molar-refractivity contribution is -0.0232. The first-order valence-electron chi connectivity index (χ1n) is 10.3. The minimum atomic E-state index is -3.06. The van der Waals surface area contributed by atoms with Gasteiger partial charge in [-0.05, 0) is 47.7 Å². The highest BCUT2D eigenvalue weighted by Gasteiger charge is 2.35. The predicted octanol–water partition coefficient (Wildman–Crippen LogP) is 6.01. The van der Waals surface area contributed by atoms with Crippen LogP contribution in [0.1, 0.15) is 60.7 Å². The van der Waals surface area contributed by atoms with Crippen molar-refractivity contribution in [2.24, 2.45) is 0 Å². The molecule has 31 heavy (non-hydrogen) atoms. The van der Waals surface area contributed by atoms with Crippen LogP contribution < -0.4 is 0 Å². The first-order chi connectivity index (χ1) is 14.8. The molecule has 0 atom stereocenters. The Morgan fingerprint density at radius 1 is 1.13 bits per heavy atom. The second kappa shape index (κ2) is 9.64. The minimum Gasteiger partial charge on any atom is -0.478 e. The normalized spacial score (nSPS) is 11.9. The van der Waals surface area contributed by atoms with Crippen molar-refractivity contribution in [3.05, 3.63) is 77.4 Å². The maximum Gasteiger partial charge on any atom is 0.335 e. The summed E-state index contributed by atoms with van der Waals surface area (Å²) in [5.74, 6) is -4.10. The molecule has 0 fully saturated rings. The van der Waals surface area contributed by atoms with Crippen LogP contribution in [0.25, 0.3) is 17.2 Å². The quantitative estimate of drug-likeness (QED) is 0.456. The molecule has 162 valence electrons. The average Bonchev–Trinajstić information content (AvgIpc) is 3.16. The highest BCUT2D eigenvalue weighted by Crippen LogP contribution is 2.31. The van der Waals surface area contributed by atoms with Crippen LogP contribution in [0.2, 0.25) is 0 Å². The number of nitrogens with zero attached hydrogens (tertiary/aromatic N) is 3. The van der Waals surface area contributed by atoms with Crippen molar-refractivity contribution >= 4 is 12.0 Å². The van der Waals surface area contributed by atoms with Gasteiger partial charge in [-0.1, -0.05) is 56.3 Å². The molecule has 0 aliphatic heterocycles. The van der Waals surface area contributed by atoms with Gasteiger partial charge in [0.05, 0.1) is 12.1 Å². The summed E-state index contributed by atoms with van der Waals surface area (Å²) in [4.78, 5) is 15.3. The number of rotatable bonds is 9. The van der Waals surface area contributed by atoms with Gasteiger partial charge in [-0.15, -0.1) is 5.10 Å². The smallest absolute Gasteiger partial charge is 0.335 e. The zero-order chi connectivity index (χ0) is 22.4. The third-order valence-corrected chi connectivity index (χ3v) is 4.82. The number of benzene rings is 2. The average molecular weight is 425 g/mol. The van der Waals surface area contributed by atoms with Crippen molar-refractivity contribution in [3.8, 4) is 11.1 Å². The first kappa shape index (κ1) is 22.3. The van der Waals surface area contributed by atoms with E-state index in [9.17, 15) is 18.7 Å². The maximum atomic E-state index is 14.3. The summed E-state index contributed by atoms with van der Waals surface area (Å²) in [5.41, 5.74) is 2.75. The topological polar surface area (TPSA) is 68.0 Å². The van der Waals surface area contributed by atoms with Crippen LogP contribution in [-0.2, 0) is 12.5 Å². The number of allylic oxidation sites excluding steroid dienone is 1. The van der Waals surface area contributed by atoms with Crippen LogP contribution in [0.4, 0.5) is 8.78 Å². The third-order valence-electron chi connectivity index (χ3n) is 4.82. The third kappa shape index (κ3) is 5.42. The number of halogens is 2. The Labute approximate surface area is 180 Å². The molecule has 1 aromatic heterocycles. The Morgan fingerprint density at radius 3 is 2.52 bits per heavy atom. The lowest BCUT2D eigenvalue weighted by Crippen LogP contribution is -2.15. The fourth-order valence-electron chi connectivity index (χ4n) is 3.21. The lowest BCUT2D eigenvalue weighted by atomic mass is 10.0. The van der Waals surface area contributed by atoms with Crippen LogP contribution in [0, 0.1) is 0 Å². The maximum absolute atomic E-state index is 14.3. The number of carboxylic acid groups (broad SMARTS) is 1. The van der Waals surface area contributed by atoms with E-state index >= 15 is 0 Å². The summed E-state index contributed by atoms with van der Waals surface area (Å²) in [7, 11) is 0. The molecule has 0 saturated carbocycles. The summed E-state index contributed by atoms with van der Waals surface area (Å²) in [6, 6.07) is 14.2. The molecule has 0 radical (unpaired) electrons. The summed E-state index contributed by atoms with van der Waals surface area (Å²) in [6.45, 7) is 3.96. The standard InChI is InChI=1S/C24H25F2N3O2/c1-3-5-9-21-27-23(24(25,26)14-4-2)28-29(21)16-17-10-12-18(13-11-17)19-7-6-8-20(15-19)22(30)31/h5-13,15H,3-4,14,16H2,1-2H3,(H,30,31). The van der Waals surface area contributed by atoms with Crippen molar-refractivity contribution in [1.29, 1.82) is 0 Å². The van der Waals surface area contributed by atoms with Crippen molar-refractivity contribution in [2.75, 3.05) is 0 Å². The molecule has 1 heterocycles. The molecule has 1 N–H and O–H groups in total. The molecule has 0 aliphatic carbocycles. The van der Waals surface area contributed by atoms with E-state index in [1.165, 1.54) is 4.68 Å². The molecule has 0 saturated heterocycles. The number of hydrogen-bond acceptors (Lipinski definition) is 3. The van der Waals surface area contributed by atoms with Crippen molar-refractivity contribution in [1.82, 2.24) is 14.8 Å². The molecule has 5 nitrogen and oxygen atoms in total. The van der Waals surface area contributed by atoms with Gasteiger partial charge in [-0.2, -0.15) is 8.78 Å². The van der Waals surface area contributed by atoms with Crippen LogP contribution in [0.15, 0.2) is 54.6 Å². The number of carboxylic acids is 1. The van der Waals surface area contributed by atoms with Gasteiger partial charge in [0.15, 0.2) is 5.82 Å². The Bertz CT molecular complexity index is 1070. The summed E-state index contributed by atoms with van der Waals surface area (Å²) in [6.07, 6.45) is 4.38. The largest absolute Gasteiger partial charge is 0.478 e. The highest BCUT2D eigenvalue weighted by molar-refractivity contribution is 5.89. The van der Waals surface area contributed by atoms with E-state index in [2.05, 4.69) is 10.1 Å². The van der Waals surface area contributed by atoms with Gasteiger partial charge in [0.2, 0.25) is 5.82 Å². The minimum absolute atomic E-state index is 0.220. The molecule has 3 aromatic rings. The molecule has 0 unspecified atom stereocenters. The lowest BCUT2D eigenvalue weighted by Gasteiger charge is -2.10. The van der Waals surface area contributed by atoms with Crippen LogP contribution >= 0.6 is 0 Å². The number of aromatic nitrogens is 3. The number of carbonyl (C=O) groups is 1. The number of hydrogen-bond donors (Lipinski definition) is 1. The zero-order valence-electron chi connectivity index (χ0n) is 17.6.